The average molecular weight is 333 g/mol. The number of hydrogen-bond donors (Lipinski definition) is 1. The van der Waals surface area contributed by atoms with Crippen molar-refractivity contribution in [1.82, 2.24) is 9.97 Å². The second-order valence-electron chi connectivity index (χ2n) is 4.80. The van der Waals surface area contributed by atoms with Crippen molar-refractivity contribution in [2.75, 3.05) is 0 Å². The maximum absolute atomic E-state index is 11.9. The Morgan fingerprint density at radius 2 is 1.90 bits per heavy atom. The molecule has 1 fully saturated rings. The summed E-state index contributed by atoms with van der Waals surface area (Å²) in [6, 6.07) is 2.88. The smallest absolute Gasteiger partial charge is 0.258 e. The molecule has 0 saturated heterocycles. The van der Waals surface area contributed by atoms with Crippen LogP contribution in [0.25, 0.3) is 10.9 Å². The lowest BCUT2D eigenvalue weighted by atomic mass is 10.2. The Labute approximate surface area is 124 Å². The minimum absolute atomic E-state index is 0.132. The molecule has 1 aliphatic rings. The molecule has 2 aromatic rings. The van der Waals surface area contributed by atoms with E-state index in [0.717, 1.165) is 0 Å². The van der Waals surface area contributed by atoms with Gasteiger partial charge in [0.25, 0.3) is 5.56 Å². The molecule has 3 rings (SSSR count). The first kappa shape index (κ1) is 13.9. The molecule has 8 heteroatoms. The van der Waals surface area contributed by atoms with Crippen molar-refractivity contribution >= 4 is 43.9 Å². The Bertz CT molecular complexity index is 857. The lowest BCUT2D eigenvalue weighted by Crippen LogP contribution is -2.17. The van der Waals surface area contributed by atoms with Gasteiger partial charge in [-0.3, -0.25) is 4.79 Å². The van der Waals surface area contributed by atoms with Crippen molar-refractivity contribution in [3.63, 3.8) is 0 Å². The zero-order valence-corrected chi connectivity index (χ0v) is 12.5. The average Bonchev–Trinajstić information content (AvgIpc) is 3.15. The standard InChI is InChI=1S/C12H10Cl2N2O3S/c13-8-3-7-10(4-9(8)14)15-11(16-12(7)17)5-20(18,19)6-1-2-6/h3-4,6H,1-2,5H2,(H,15,16,17). The monoisotopic (exact) mass is 332 g/mol. The number of benzene rings is 1. The minimum Gasteiger partial charge on any atom is -0.309 e. The fraction of sp³-hybridized carbons (Fsp3) is 0.333. The molecule has 1 aromatic heterocycles. The van der Waals surface area contributed by atoms with Crippen LogP contribution in [0.5, 0.6) is 0 Å². The van der Waals surface area contributed by atoms with E-state index in [9.17, 15) is 13.2 Å². The molecule has 1 aliphatic carbocycles. The number of H-pyrrole nitrogens is 1. The molecule has 20 heavy (non-hydrogen) atoms. The van der Waals surface area contributed by atoms with Crippen LogP contribution in [0.1, 0.15) is 18.7 Å². The quantitative estimate of drug-likeness (QED) is 0.935. The number of hydrogen-bond acceptors (Lipinski definition) is 4. The van der Waals surface area contributed by atoms with Crippen LogP contribution >= 0.6 is 23.2 Å². The van der Waals surface area contributed by atoms with Gasteiger partial charge in [-0.15, -0.1) is 0 Å². The van der Waals surface area contributed by atoms with E-state index in [-0.39, 0.29) is 32.3 Å². The van der Waals surface area contributed by atoms with Crippen LogP contribution in [0.4, 0.5) is 0 Å². The van der Waals surface area contributed by atoms with Crippen molar-refractivity contribution in [3.8, 4) is 0 Å². The lowest BCUT2D eigenvalue weighted by Gasteiger charge is -2.05. The van der Waals surface area contributed by atoms with E-state index in [0.29, 0.717) is 18.4 Å². The SMILES string of the molecule is O=c1[nH]c(CS(=O)(=O)C2CC2)nc2cc(Cl)c(Cl)cc12. The third kappa shape index (κ3) is 2.55. The topological polar surface area (TPSA) is 79.9 Å². The first-order chi connectivity index (χ1) is 9.37. The van der Waals surface area contributed by atoms with Crippen LogP contribution in [0, 0.1) is 0 Å². The largest absolute Gasteiger partial charge is 0.309 e. The minimum atomic E-state index is -3.24. The molecule has 1 aromatic carbocycles. The number of fused-ring (bicyclic) bond motifs is 1. The summed E-state index contributed by atoms with van der Waals surface area (Å²) in [7, 11) is -3.24. The molecule has 5 nitrogen and oxygen atoms in total. The maximum Gasteiger partial charge on any atom is 0.258 e. The molecule has 0 amide bonds. The number of nitrogens with zero attached hydrogens (tertiary/aromatic N) is 1. The van der Waals surface area contributed by atoms with Gasteiger partial charge in [0.1, 0.15) is 11.6 Å². The molecule has 0 atom stereocenters. The van der Waals surface area contributed by atoms with Crippen LogP contribution in [-0.2, 0) is 15.6 Å². The maximum atomic E-state index is 11.9. The molecule has 0 unspecified atom stereocenters. The predicted octanol–water partition coefficient (Wildman–Crippen LogP) is 2.31. The zero-order valence-electron chi connectivity index (χ0n) is 10.2. The third-order valence-electron chi connectivity index (χ3n) is 3.17. The highest BCUT2D eigenvalue weighted by molar-refractivity contribution is 7.91. The van der Waals surface area contributed by atoms with Gasteiger partial charge in [0.15, 0.2) is 9.84 Å². The van der Waals surface area contributed by atoms with E-state index < -0.39 is 15.4 Å². The van der Waals surface area contributed by atoms with Gasteiger partial charge in [0, 0.05) is 0 Å². The lowest BCUT2D eigenvalue weighted by molar-refractivity contribution is 0.592. The van der Waals surface area contributed by atoms with Crippen LogP contribution in [0.2, 0.25) is 10.0 Å². The van der Waals surface area contributed by atoms with Gasteiger partial charge < -0.3 is 4.98 Å². The van der Waals surface area contributed by atoms with E-state index in [4.69, 9.17) is 23.2 Å². The van der Waals surface area contributed by atoms with Crippen LogP contribution < -0.4 is 5.56 Å². The Balaban J connectivity index is 2.10. The second-order valence-corrected chi connectivity index (χ2v) is 7.90. The zero-order chi connectivity index (χ0) is 14.5. The molecule has 1 N–H and O–H groups in total. The summed E-state index contributed by atoms with van der Waals surface area (Å²) < 4.78 is 23.8. The third-order valence-corrected chi connectivity index (χ3v) is 6.05. The number of aromatic nitrogens is 2. The molecule has 0 bridgehead atoms. The van der Waals surface area contributed by atoms with Gasteiger partial charge >= 0.3 is 0 Å². The second kappa shape index (κ2) is 4.72. The summed E-state index contributed by atoms with van der Waals surface area (Å²) in [5.41, 5.74) is -0.0845. The van der Waals surface area contributed by atoms with Crippen LogP contribution in [0.3, 0.4) is 0 Å². The highest BCUT2D eigenvalue weighted by Gasteiger charge is 2.36. The first-order valence-electron chi connectivity index (χ1n) is 5.96. The van der Waals surface area contributed by atoms with E-state index in [1.54, 1.807) is 0 Å². The number of rotatable bonds is 3. The molecule has 1 heterocycles. The van der Waals surface area contributed by atoms with E-state index in [2.05, 4.69) is 9.97 Å². The summed E-state index contributed by atoms with van der Waals surface area (Å²) in [6.45, 7) is 0. The van der Waals surface area contributed by atoms with Gasteiger partial charge in [0.05, 0.1) is 26.2 Å². The molecule has 0 aliphatic heterocycles. The highest BCUT2D eigenvalue weighted by Crippen LogP contribution is 2.30. The van der Waals surface area contributed by atoms with Gasteiger partial charge in [0.2, 0.25) is 0 Å². The summed E-state index contributed by atoms with van der Waals surface area (Å²) in [5.74, 6) is -0.129. The molecular weight excluding hydrogens is 323 g/mol. The Kier molecular flexibility index (Phi) is 3.27. The van der Waals surface area contributed by atoms with Crippen molar-refractivity contribution in [2.45, 2.75) is 23.8 Å². The first-order valence-corrected chi connectivity index (χ1v) is 8.43. The number of nitrogens with one attached hydrogen (secondary N) is 1. The van der Waals surface area contributed by atoms with E-state index in [1.165, 1.54) is 12.1 Å². The van der Waals surface area contributed by atoms with Gasteiger partial charge in [-0.2, -0.15) is 0 Å². The molecule has 1 saturated carbocycles. The molecular formula is C12H10Cl2N2O3S. The summed E-state index contributed by atoms with van der Waals surface area (Å²) in [4.78, 5) is 18.6. The fourth-order valence-electron chi connectivity index (χ4n) is 1.99. The predicted molar refractivity (Wildman–Crippen MR) is 78.0 cm³/mol. The normalized spacial score (nSPS) is 15.7. The fourth-order valence-corrected chi connectivity index (χ4v) is 3.92. The Morgan fingerprint density at radius 3 is 2.55 bits per heavy atom. The summed E-state index contributed by atoms with van der Waals surface area (Å²) in [5, 5.41) is 0.516. The number of halogens is 2. The van der Waals surface area contributed by atoms with Gasteiger partial charge in [-0.25, -0.2) is 13.4 Å². The van der Waals surface area contributed by atoms with Crippen molar-refractivity contribution in [3.05, 3.63) is 38.4 Å². The molecule has 106 valence electrons. The number of aromatic amines is 1. The van der Waals surface area contributed by atoms with Crippen LogP contribution in [-0.4, -0.2) is 23.6 Å². The van der Waals surface area contributed by atoms with Crippen LogP contribution in [0.15, 0.2) is 16.9 Å². The van der Waals surface area contributed by atoms with Gasteiger partial charge in [-0.05, 0) is 25.0 Å². The van der Waals surface area contributed by atoms with E-state index >= 15 is 0 Å². The van der Waals surface area contributed by atoms with E-state index in [1.807, 2.05) is 0 Å². The summed E-state index contributed by atoms with van der Waals surface area (Å²) in [6.07, 6.45) is 1.36. The summed E-state index contributed by atoms with van der Waals surface area (Å²) >= 11 is 11.7. The van der Waals surface area contributed by atoms with Gasteiger partial charge in [-0.1, -0.05) is 23.2 Å². The van der Waals surface area contributed by atoms with Crippen molar-refractivity contribution in [1.29, 1.82) is 0 Å². The molecule has 0 spiro atoms. The number of sulfone groups is 1. The van der Waals surface area contributed by atoms with Crippen molar-refractivity contribution < 1.29 is 8.42 Å². The Morgan fingerprint density at radius 1 is 1.25 bits per heavy atom. The Hall–Kier alpha value is -1.11. The van der Waals surface area contributed by atoms with Crippen molar-refractivity contribution in [2.24, 2.45) is 0 Å². The highest BCUT2D eigenvalue weighted by atomic mass is 35.5. The molecule has 0 radical (unpaired) electrons.